The highest BCUT2D eigenvalue weighted by molar-refractivity contribution is 5.29. The van der Waals surface area contributed by atoms with Crippen LogP contribution in [0.2, 0.25) is 0 Å². The molecule has 2 N–H and O–H groups in total. The molecule has 20 heavy (non-hydrogen) atoms. The average Bonchev–Trinajstić information content (AvgIpc) is 2.86. The normalized spacial score (nSPS) is 13.4. The number of furan rings is 1. The van der Waals surface area contributed by atoms with Gasteiger partial charge in [0.05, 0.1) is 11.8 Å². The van der Waals surface area contributed by atoms with Crippen molar-refractivity contribution in [2.75, 3.05) is 0 Å². The van der Waals surface area contributed by atoms with E-state index in [0.29, 0.717) is 18.4 Å². The minimum absolute atomic E-state index is 0.344. The Balaban J connectivity index is 2.18. The topological polar surface area (TPSA) is 39.2 Å². The molecule has 0 spiro atoms. The lowest BCUT2D eigenvalue weighted by Gasteiger charge is -2.13. The summed E-state index contributed by atoms with van der Waals surface area (Å²) in [5, 5.41) is 0. The SMILES string of the molecule is CCc1occc1C(N)Cc1cccc(C(F)(F)F)c1. The molecule has 2 nitrogen and oxygen atoms in total. The Morgan fingerprint density at radius 1 is 1.25 bits per heavy atom. The fraction of sp³-hybridized carbons (Fsp3) is 0.333. The summed E-state index contributed by atoms with van der Waals surface area (Å²) in [6.45, 7) is 1.94. The van der Waals surface area contributed by atoms with Crippen molar-refractivity contribution in [1.29, 1.82) is 0 Å². The molecule has 0 aliphatic rings. The second kappa shape index (κ2) is 5.71. The standard InChI is InChI=1S/C15H16F3NO/c1-2-14-12(6-7-20-14)13(19)9-10-4-3-5-11(8-10)15(16,17)18/h3-8,13H,2,9,19H2,1H3. The minimum Gasteiger partial charge on any atom is -0.469 e. The van der Waals surface area contributed by atoms with Gasteiger partial charge in [-0.3, -0.25) is 0 Å². The van der Waals surface area contributed by atoms with E-state index in [0.717, 1.165) is 23.5 Å². The molecule has 0 saturated carbocycles. The quantitative estimate of drug-likeness (QED) is 0.917. The highest BCUT2D eigenvalue weighted by atomic mass is 19.4. The summed E-state index contributed by atoms with van der Waals surface area (Å²) in [4.78, 5) is 0. The van der Waals surface area contributed by atoms with Gasteiger partial charge in [0.25, 0.3) is 0 Å². The van der Waals surface area contributed by atoms with Gasteiger partial charge >= 0.3 is 6.18 Å². The van der Waals surface area contributed by atoms with Gasteiger partial charge in [-0.05, 0) is 24.1 Å². The number of hydrogen-bond donors (Lipinski definition) is 1. The van der Waals surface area contributed by atoms with Crippen LogP contribution in [0.15, 0.2) is 41.0 Å². The zero-order valence-electron chi connectivity index (χ0n) is 11.1. The third-order valence-corrected chi connectivity index (χ3v) is 3.21. The van der Waals surface area contributed by atoms with Gasteiger partial charge in [0.1, 0.15) is 5.76 Å². The monoisotopic (exact) mass is 283 g/mol. The Morgan fingerprint density at radius 2 is 2.00 bits per heavy atom. The molecule has 1 atom stereocenters. The van der Waals surface area contributed by atoms with Gasteiger partial charge in [-0.1, -0.05) is 25.1 Å². The zero-order chi connectivity index (χ0) is 14.8. The first-order valence-corrected chi connectivity index (χ1v) is 6.39. The van der Waals surface area contributed by atoms with E-state index in [9.17, 15) is 13.2 Å². The number of alkyl halides is 3. The minimum atomic E-state index is -4.33. The maximum Gasteiger partial charge on any atom is 0.416 e. The van der Waals surface area contributed by atoms with Crippen molar-refractivity contribution in [2.45, 2.75) is 32.0 Å². The summed E-state index contributed by atoms with van der Waals surface area (Å²) in [5.74, 6) is 0.782. The molecular formula is C15H16F3NO. The molecule has 2 rings (SSSR count). The van der Waals surface area contributed by atoms with Gasteiger partial charge in [0.15, 0.2) is 0 Å². The van der Waals surface area contributed by atoms with Crippen LogP contribution in [0.3, 0.4) is 0 Å². The number of rotatable bonds is 4. The lowest BCUT2D eigenvalue weighted by atomic mass is 9.98. The summed E-state index contributed by atoms with van der Waals surface area (Å²) in [7, 11) is 0. The molecule has 1 aromatic heterocycles. The second-order valence-electron chi connectivity index (χ2n) is 4.66. The van der Waals surface area contributed by atoms with E-state index < -0.39 is 11.7 Å². The summed E-state index contributed by atoms with van der Waals surface area (Å²) in [6.07, 6.45) is -1.72. The van der Waals surface area contributed by atoms with Crippen LogP contribution in [0.1, 0.15) is 35.4 Å². The Morgan fingerprint density at radius 3 is 2.65 bits per heavy atom. The largest absolute Gasteiger partial charge is 0.469 e. The predicted molar refractivity (Wildman–Crippen MR) is 70.2 cm³/mol. The third kappa shape index (κ3) is 3.22. The molecule has 1 aromatic carbocycles. The molecule has 0 aliphatic heterocycles. The molecule has 108 valence electrons. The maximum absolute atomic E-state index is 12.7. The number of benzene rings is 1. The van der Waals surface area contributed by atoms with Crippen LogP contribution >= 0.6 is 0 Å². The van der Waals surface area contributed by atoms with Crippen LogP contribution in [-0.2, 0) is 19.0 Å². The molecule has 0 aliphatic carbocycles. The van der Waals surface area contributed by atoms with Crippen molar-refractivity contribution >= 4 is 0 Å². The van der Waals surface area contributed by atoms with Crippen LogP contribution in [-0.4, -0.2) is 0 Å². The van der Waals surface area contributed by atoms with E-state index in [1.165, 1.54) is 6.07 Å². The molecule has 0 amide bonds. The summed E-state index contributed by atoms with van der Waals surface area (Å²) >= 11 is 0. The van der Waals surface area contributed by atoms with Gasteiger partial charge in [0, 0.05) is 18.0 Å². The van der Waals surface area contributed by atoms with Crippen molar-refractivity contribution < 1.29 is 17.6 Å². The fourth-order valence-electron chi connectivity index (χ4n) is 2.21. The molecule has 5 heteroatoms. The van der Waals surface area contributed by atoms with Crippen molar-refractivity contribution in [2.24, 2.45) is 5.73 Å². The van der Waals surface area contributed by atoms with Gasteiger partial charge in [-0.25, -0.2) is 0 Å². The summed E-state index contributed by atoms with van der Waals surface area (Å²) in [6, 6.07) is 6.67. The average molecular weight is 283 g/mol. The molecule has 0 radical (unpaired) electrons. The van der Waals surface area contributed by atoms with Gasteiger partial charge in [-0.15, -0.1) is 0 Å². The van der Waals surface area contributed by atoms with E-state index in [1.807, 2.05) is 6.92 Å². The molecular weight excluding hydrogens is 267 g/mol. The lowest BCUT2D eigenvalue weighted by molar-refractivity contribution is -0.137. The van der Waals surface area contributed by atoms with E-state index in [-0.39, 0.29) is 6.04 Å². The van der Waals surface area contributed by atoms with E-state index in [2.05, 4.69) is 0 Å². The van der Waals surface area contributed by atoms with Gasteiger partial charge < -0.3 is 10.2 Å². The van der Waals surface area contributed by atoms with E-state index in [1.54, 1.807) is 18.4 Å². The van der Waals surface area contributed by atoms with Crippen molar-refractivity contribution in [3.63, 3.8) is 0 Å². The molecule has 0 fully saturated rings. The Hall–Kier alpha value is -1.75. The summed E-state index contributed by atoms with van der Waals surface area (Å²) < 4.78 is 43.2. The predicted octanol–water partition coefficient (Wildman–Crippen LogP) is 4.10. The zero-order valence-corrected chi connectivity index (χ0v) is 11.1. The molecule has 1 unspecified atom stereocenters. The number of halogens is 3. The molecule has 2 aromatic rings. The smallest absolute Gasteiger partial charge is 0.416 e. The third-order valence-electron chi connectivity index (χ3n) is 3.21. The highest BCUT2D eigenvalue weighted by Crippen LogP contribution is 2.30. The first kappa shape index (κ1) is 14.7. The van der Waals surface area contributed by atoms with Crippen molar-refractivity contribution in [1.82, 2.24) is 0 Å². The van der Waals surface area contributed by atoms with Crippen molar-refractivity contribution in [3.8, 4) is 0 Å². The lowest BCUT2D eigenvalue weighted by Crippen LogP contribution is -2.15. The Bertz CT molecular complexity index is 574. The van der Waals surface area contributed by atoms with Gasteiger partial charge in [-0.2, -0.15) is 13.2 Å². The van der Waals surface area contributed by atoms with Crippen LogP contribution in [0.5, 0.6) is 0 Å². The number of hydrogen-bond acceptors (Lipinski definition) is 2. The number of aryl methyl sites for hydroxylation is 1. The molecule has 1 heterocycles. The Labute approximate surface area is 115 Å². The number of nitrogens with two attached hydrogens (primary N) is 1. The van der Waals surface area contributed by atoms with Crippen LogP contribution < -0.4 is 5.73 Å². The first-order valence-electron chi connectivity index (χ1n) is 6.39. The first-order chi connectivity index (χ1) is 9.41. The highest BCUT2D eigenvalue weighted by Gasteiger charge is 2.30. The van der Waals surface area contributed by atoms with Crippen LogP contribution in [0, 0.1) is 0 Å². The summed E-state index contributed by atoms with van der Waals surface area (Å²) in [5.41, 5.74) is 6.83. The maximum atomic E-state index is 12.7. The molecule has 0 saturated heterocycles. The van der Waals surface area contributed by atoms with Gasteiger partial charge in [0.2, 0.25) is 0 Å². The Kier molecular flexibility index (Phi) is 4.18. The second-order valence-corrected chi connectivity index (χ2v) is 4.66. The molecule has 0 bridgehead atoms. The fourth-order valence-corrected chi connectivity index (χ4v) is 2.21. The van der Waals surface area contributed by atoms with E-state index >= 15 is 0 Å². The van der Waals surface area contributed by atoms with Crippen LogP contribution in [0.4, 0.5) is 13.2 Å². The van der Waals surface area contributed by atoms with E-state index in [4.69, 9.17) is 10.2 Å². The van der Waals surface area contributed by atoms with Crippen molar-refractivity contribution in [3.05, 3.63) is 59.0 Å². The van der Waals surface area contributed by atoms with Crippen LogP contribution in [0.25, 0.3) is 0 Å².